The summed E-state index contributed by atoms with van der Waals surface area (Å²) in [5.41, 5.74) is 2.12. The Morgan fingerprint density at radius 3 is 2.75 bits per heavy atom. The summed E-state index contributed by atoms with van der Waals surface area (Å²) in [7, 11) is 0. The summed E-state index contributed by atoms with van der Waals surface area (Å²) in [5.74, 6) is -0.844. The molecule has 2 amide bonds. The molecule has 0 saturated heterocycles. The minimum atomic E-state index is -0.614. The van der Waals surface area contributed by atoms with Crippen molar-refractivity contribution in [1.82, 2.24) is 9.88 Å². The van der Waals surface area contributed by atoms with Gasteiger partial charge in [0.15, 0.2) is 5.13 Å². The Balaban J connectivity index is 1.71. The van der Waals surface area contributed by atoms with E-state index in [9.17, 15) is 14.4 Å². The van der Waals surface area contributed by atoms with E-state index < -0.39 is 6.04 Å². The first-order valence-corrected chi connectivity index (χ1v) is 10.1. The van der Waals surface area contributed by atoms with Gasteiger partial charge in [-0.2, -0.15) is 0 Å². The Labute approximate surface area is 167 Å². The summed E-state index contributed by atoms with van der Waals surface area (Å²) in [6, 6.07) is 6.80. The van der Waals surface area contributed by atoms with Gasteiger partial charge in [-0.25, -0.2) is 4.98 Å². The van der Waals surface area contributed by atoms with Gasteiger partial charge in [0.05, 0.1) is 18.7 Å². The quantitative estimate of drug-likeness (QED) is 0.721. The first-order chi connectivity index (χ1) is 13.4. The Kier molecular flexibility index (Phi) is 6.08. The number of nitrogens with one attached hydrogen (secondary N) is 1. The first-order valence-electron chi connectivity index (χ1n) is 9.20. The average Bonchev–Trinajstić information content (AvgIpc) is 3.20. The van der Waals surface area contributed by atoms with Gasteiger partial charge in [0.25, 0.3) is 5.91 Å². The minimum absolute atomic E-state index is 0.0632. The predicted octanol–water partition coefficient (Wildman–Crippen LogP) is 2.87. The lowest BCUT2D eigenvalue weighted by Gasteiger charge is -2.29. The van der Waals surface area contributed by atoms with E-state index in [1.54, 1.807) is 23.3 Å². The predicted molar refractivity (Wildman–Crippen MR) is 106 cm³/mol. The number of carbonyl (C=O) groups excluding carboxylic acids is 3. The van der Waals surface area contributed by atoms with Gasteiger partial charge < -0.3 is 15.0 Å². The SMILES string of the molecule is CCOC(=O)Cc1csc(NC(=O)[C@@H](C(C)C)N2Cc3ccccc3C2=O)n1. The fraction of sp³-hybridized carbons (Fsp3) is 0.400. The summed E-state index contributed by atoms with van der Waals surface area (Å²) in [5, 5.41) is 4.91. The Morgan fingerprint density at radius 2 is 2.07 bits per heavy atom. The van der Waals surface area contributed by atoms with E-state index in [0.29, 0.717) is 29.5 Å². The maximum Gasteiger partial charge on any atom is 0.311 e. The van der Waals surface area contributed by atoms with Crippen molar-refractivity contribution in [3.05, 3.63) is 46.5 Å². The van der Waals surface area contributed by atoms with Gasteiger partial charge in [0.1, 0.15) is 6.04 Å². The smallest absolute Gasteiger partial charge is 0.311 e. The third-order valence-electron chi connectivity index (χ3n) is 4.50. The van der Waals surface area contributed by atoms with Crippen LogP contribution >= 0.6 is 11.3 Å². The van der Waals surface area contributed by atoms with E-state index in [-0.39, 0.29) is 30.1 Å². The van der Waals surface area contributed by atoms with E-state index >= 15 is 0 Å². The second-order valence-electron chi connectivity index (χ2n) is 6.89. The number of nitrogens with zero attached hydrogens (tertiary/aromatic N) is 2. The maximum atomic E-state index is 12.9. The molecule has 7 nitrogen and oxygen atoms in total. The number of benzene rings is 1. The van der Waals surface area contributed by atoms with Crippen LogP contribution < -0.4 is 5.32 Å². The number of hydrogen-bond acceptors (Lipinski definition) is 6. The van der Waals surface area contributed by atoms with E-state index in [1.165, 1.54) is 11.3 Å². The molecule has 2 aromatic rings. The van der Waals surface area contributed by atoms with Crippen molar-refractivity contribution in [2.24, 2.45) is 5.92 Å². The third kappa shape index (κ3) is 4.22. The topological polar surface area (TPSA) is 88.6 Å². The van der Waals surface area contributed by atoms with Crippen molar-refractivity contribution < 1.29 is 19.1 Å². The minimum Gasteiger partial charge on any atom is -0.466 e. The van der Waals surface area contributed by atoms with Crippen molar-refractivity contribution in [1.29, 1.82) is 0 Å². The van der Waals surface area contributed by atoms with E-state index in [1.807, 2.05) is 32.0 Å². The van der Waals surface area contributed by atoms with Gasteiger partial charge in [-0.05, 0) is 24.5 Å². The molecule has 0 radical (unpaired) electrons. The number of rotatable bonds is 7. The van der Waals surface area contributed by atoms with Crippen LogP contribution in [0.4, 0.5) is 5.13 Å². The molecular formula is C20H23N3O4S. The van der Waals surface area contributed by atoms with Crippen molar-refractivity contribution in [2.75, 3.05) is 11.9 Å². The highest BCUT2D eigenvalue weighted by atomic mass is 32.1. The lowest BCUT2D eigenvalue weighted by atomic mass is 10.0. The Morgan fingerprint density at radius 1 is 1.32 bits per heavy atom. The van der Waals surface area contributed by atoms with Gasteiger partial charge in [0.2, 0.25) is 5.91 Å². The van der Waals surface area contributed by atoms with Crippen molar-refractivity contribution in [3.63, 3.8) is 0 Å². The fourth-order valence-corrected chi connectivity index (χ4v) is 4.00. The number of anilines is 1. The van der Waals surface area contributed by atoms with Crippen LogP contribution in [-0.2, 0) is 27.3 Å². The van der Waals surface area contributed by atoms with Crippen LogP contribution in [0.5, 0.6) is 0 Å². The van der Waals surface area contributed by atoms with Gasteiger partial charge in [-0.1, -0.05) is 32.0 Å². The highest BCUT2D eigenvalue weighted by molar-refractivity contribution is 7.13. The second kappa shape index (κ2) is 8.52. The van der Waals surface area contributed by atoms with E-state index in [0.717, 1.165) is 5.56 Å². The summed E-state index contributed by atoms with van der Waals surface area (Å²) < 4.78 is 4.91. The Hall–Kier alpha value is -2.74. The lowest BCUT2D eigenvalue weighted by Crippen LogP contribution is -2.47. The van der Waals surface area contributed by atoms with Crippen LogP contribution in [0.3, 0.4) is 0 Å². The van der Waals surface area contributed by atoms with Crippen LogP contribution in [0, 0.1) is 5.92 Å². The van der Waals surface area contributed by atoms with Crippen LogP contribution in [0.15, 0.2) is 29.6 Å². The number of amides is 2. The molecule has 0 spiro atoms. The number of esters is 1. The zero-order valence-corrected chi connectivity index (χ0v) is 16.9. The molecule has 0 bridgehead atoms. The highest BCUT2D eigenvalue weighted by Crippen LogP contribution is 2.28. The zero-order chi connectivity index (χ0) is 20.3. The number of carbonyl (C=O) groups is 3. The molecule has 1 atom stereocenters. The molecule has 148 valence electrons. The standard InChI is InChI=1S/C20H23N3O4S/c1-4-27-16(24)9-14-11-28-20(21-14)22-18(25)17(12(2)3)23-10-13-7-5-6-8-15(13)19(23)26/h5-8,11-12,17H,4,9-10H2,1-3H3,(H,21,22,25)/t17-/m1/s1. The molecule has 0 saturated carbocycles. The first kappa shape index (κ1) is 20.0. The average molecular weight is 401 g/mol. The van der Waals surface area contributed by atoms with Gasteiger partial charge in [-0.15, -0.1) is 11.3 Å². The molecule has 0 aliphatic carbocycles. The number of hydrogen-bond donors (Lipinski definition) is 1. The van der Waals surface area contributed by atoms with E-state index in [4.69, 9.17) is 4.74 Å². The van der Waals surface area contributed by atoms with Gasteiger partial charge in [0, 0.05) is 17.5 Å². The van der Waals surface area contributed by atoms with Crippen LogP contribution in [-0.4, -0.2) is 40.3 Å². The van der Waals surface area contributed by atoms with Crippen LogP contribution in [0.25, 0.3) is 0 Å². The second-order valence-corrected chi connectivity index (χ2v) is 7.75. The Bertz CT molecular complexity index is 893. The number of aromatic nitrogens is 1. The van der Waals surface area contributed by atoms with E-state index in [2.05, 4.69) is 10.3 Å². The maximum absolute atomic E-state index is 12.9. The molecule has 1 aromatic carbocycles. The summed E-state index contributed by atoms with van der Waals surface area (Å²) in [4.78, 5) is 43.2. The van der Waals surface area contributed by atoms with Crippen molar-refractivity contribution in [3.8, 4) is 0 Å². The summed E-state index contributed by atoms with van der Waals surface area (Å²) >= 11 is 1.24. The van der Waals surface area contributed by atoms with Crippen molar-refractivity contribution >= 4 is 34.3 Å². The van der Waals surface area contributed by atoms with Crippen molar-refractivity contribution in [2.45, 2.75) is 39.8 Å². The summed E-state index contributed by atoms with van der Waals surface area (Å²) in [6.45, 7) is 6.30. The zero-order valence-electron chi connectivity index (χ0n) is 16.1. The van der Waals surface area contributed by atoms with Crippen LogP contribution in [0.1, 0.15) is 42.4 Å². The largest absolute Gasteiger partial charge is 0.466 e. The molecular weight excluding hydrogens is 378 g/mol. The summed E-state index contributed by atoms with van der Waals surface area (Å²) in [6.07, 6.45) is 0.0632. The molecule has 1 aliphatic heterocycles. The highest BCUT2D eigenvalue weighted by Gasteiger charge is 2.38. The van der Waals surface area contributed by atoms with Crippen LogP contribution in [0.2, 0.25) is 0 Å². The number of fused-ring (bicyclic) bond motifs is 1. The lowest BCUT2D eigenvalue weighted by molar-refractivity contribution is -0.142. The fourth-order valence-electron chi connectivity index (χ4n) is 3.29. The monoisotopic (exact) mass is 401 g/mol. The normalized spacial score (nSPS) is 14.1. The molecule has 28 heavy (non-hydrogen) atoms. The third-order valence-corrected chi connectivity index (χ3v) is 5.30. The molecule has 3 rings (SSSR count). The molecule has 1 aliphatic rings. The number of ether oxygens (including phenoxy) is 1. The number of thiazole rings is 1. The molecule has 8 heteroatoms. The van der Waals surface area contributed by atoms with Gasteiger partial charge >= 0.3 is 5.97 Å². The molecule has 1 N–H and O–H groups in total. The molecule has 2 heterocycles. The molecule has 0 fully saturated rings. The van der Waals surface area contributed by atoms with Gasteiger partial charge in [-0.3, -0.25) is 14.4 Å². The molecule has 0 unspecified atom stereocenters. The molecule has 1 aromatic heterocycles.